The van der Waals surface area contributed by atoms with Crippen LogP contribution in [0, 0.1) is 0 Å². The summed E-state index contributed by atoms with van der Waals surface area (Å²) in [6.45, 7) is 2.86. The minimum atomic E-state index is -1.70. The first kappa shape index (κ1) is 33.8. The van der Waals surface area contributed by atoms with Crippen molar-refractivity contribution in [2.75, 3.05) is 13.2 Å². The molecule has 0 aromatic carbocycles. The molecule has 2 aliphatic heterocycles. The smallest absolute Gasteiger partial charge is 0.187 e. The summed E-state index contributed by atoms with van der Waals surface area (Å²) in [5, 5.41) is 70.7. The standard InChI is InChI=1S/C27H52O11/c1-3-4-5-6-7-8-9-10-11-12-13-14-17(2)35-26-24(34)22(32)25(19(16-29)37-26)38-27-23(33)21(31)20(30)18(15-28)36-27/h17-34H,3-16H2,1-2H3/t17?,18-,19-,20-,21+,22-,23-,24-,25-,26-,27-/m1/s1. The Morgan fingerprint density at radius 2 is 1.11 bits per heavy atom. The molecule has 0 aromatic heterocycles. The molecule has 0 saturated carbocycles. The molecule has 11 atom stereocenters. The zero-order chi connectivity index (χ0) is 28.1. The molecule has 1 unspecified atom stereocenters. The van der Waals surface area contributed by atoms with E-state index in [4.69, 9.17) is 18.9 Å². The van der Waals surface area contributed by atoms with Gasteiger partial charge < -0.3 is 54.7 Å². The maximum atomic E-state index is 10.7. The van der Waals surface area contributed by atoms with Crippen LogP contribution < -0.4 is 0 Å². The van der Waals surface area contributed by atoms with E-state index in [0.29, 0.717) is 0 Å². The third-order valence-corrected chi connectivity index (χ3v) is 7.54. The van der Waals surface area contributed by atoms with E-state index < -0.39 is 74.6 Å². The van der Waals surface area contributed by atoms with Crippen molar-refractivity contribution in [3.8, 4) is 0 Å². The normalized spacial score (nSPS) is 36.9. The van der Waals surface area contributed by atoms with E-state index in [1.807, 2.05) is 6.92 Å². The first-order valence-electron chi connectivity index (χ1n) is 14.5. The summed E-state index contributed by atoms with van der Waals surface area (Å²) in [7, 11) is 0. The second-order valence-electron chi connectivity index (χ2n) is 10.8. The van der Waals surface area contributed by atoms with Gasteiger partial charge in [0.1, 0.15) is 48.8 Å². The zero-order valence-corrected chi connectivity index (χ0v) is 23.0. The summed E-state index contributed by atoms with van der Waals surface area (Å²) in [5.41, 5.74) is 0. The molecule has 226 valence electrons. The summed E-state index contributed by atoms with van der Waals surface area (Å²) in [4.78, 5) is 0. The van der Waals surface area contributed by atoms with Crippen LogP contribution in [0.25, 0.3) is 0 Å². The van der Waals surface area contributed by atoms with Crippen molar-refractivity contribution < 1.29 is 54.7 Å². The Labute approximate surface area is 226 Å². The van der Waals surface area contributed by atoms with E-state index >= 15 is 0 Å². The molecule has 2 aliphatic rings. The van der Waals surface area contributed by atoms with Crippen LogP contribution in [0.3, 0.4) is 0 Å². The zero-order valence-electron chi connectivity index (χ0n) is 23.0. The van der Waals surface area contributed by atoms with Crippen LogP contribution in [0.15, 0.2) is 0 Å². The fraction of sp³-hybridized carbons (Fsp3) is 1.00. The van der Waals surface area contributed by atoms with Crippen molar-refractivity contribution in [1.29, 1.82) is 0 Å². The van der Waals surface area contributed by atoms with Crippen LogP contribution in [0.4, 0.5) is 0 Å². The first-order valence-corrected chi connectivity index (χ1v) is 14.5. The van der Waals surface area contributed by atoms with Crippen molar-refractivity contribution in [1.82, 2.24) is 0 Å². The van der Waals surface area contributed by atoms with Gasteiger partial charge in [0.05, 0.1) is 19.3 Å². The summed E-state index contributed by atoms with van der Waals surface area (Å²) in [6, 6.07) is 0. The average molecular weight is 553 g/mol. The van der Waals surface area contributed by atoms with E-state index in [9.17, 15) is 35.7 Å². The second kappa shape index (κ2) is 18.1. The van der Waals surface area contributed by atoms with Gasteiger partial charge in [-0.15, -0.1) is 0 Å². The van der Waals surface area contributed by atoms with Gasteiger partial charge in [0, 0.05) is 0 Å². The number of ether oxygens (including phenoxy) is 4. The summed E-state index contributed by atoms with van der Waals surface area (Å²) in [6.07, 6.45) is -0.256. The highest BCUT2D eigenvalue weighted by molar-refractivity contribution is 4.94. The minimum absolute atomic E-state index is 0.248. The first-order chi connectivity index (χ1) is 18.2. The van der Waals surface area contributed by atoms with Gasteiger partial charge >= 0.3 is 0 Å². The Morgan fingerprint density at radius 1 is 0.605 bits per heavy atom. The molecular weight excluding hydrogens is 500 g/mol. The SMILES string of the molecule is CCCCCCCCCCCCCC(C)O[C@@H]1O[C@H](CO)[C@@H](O[C@H]2O[C@H](CO)[C@@H](O)[C@H](O)[C@H]2O)[C@H](O)[C@H]1O. The molecule has 0 aliphatic carbocycles. The summed E-state index contributed by atoms with van der Waals surface area (Å²) >= 11 is 0. The number of rotatable bonds is 18. The predicted molar refractivity (Wildman–Crippen MR) is 138 cm³/mol. The number of aliphatic hydroxyl groups is 7. The second-order valence-corrected chi connectivity index (χ2v) is 10.8. The Bertz CT molecular complexity index is 608. The fourth-order valence-corrected chi connectivity index (χ4v) is 5.06. The Kier molecular flexibility index (Phi) is 16.1. The molecule has 0 bridgehead atoms. The molecule has 2 rings (SSSR count). The molecule has 0 spiro atoms. The van der Waals surface area contributed by atoms with Crippen LogP contribution >= 0.6 is 0 Å². The Hall–Kier alpha value is -0.440. The van der Waals surface area contributed by atoms with E-state index in [1.54, 1.807) is 0 Å². The molecular formula is C27H52O11. The van der Waals surface area contributed by atoms with Gasteiger partial charge in [-0.25, -0.2) is 0 Å². The van der Waals surface area contributed by atoms with Crippen LogP contribution in [-0.4, -0.2) is 116 Å². The van der Waals surface area contributed by atoms with E-state index in [2.05, 4.69) is 6.92 Å². The van der Waals surface area contributed by atoms with Crippen molar-refractivity contribution in [3.63, 3.8) is 0 Å². The molecule has 0 radical (unpaired) electrons. The Morgan fingerprint density at radius 3 is 1.66 bits per heavy atom. The highest BCUT2D eigenvalue weighted by atomic mass is 16.7. The maximum absolute atomic E-state index is 10.7. The van der Waals surface area contributed by atoms with Gasteiger partial charge in [0.25, 0.3) is 0 Å². The van der Waals surface area contributed by atoms with Crippen molar-refractivity contribution >= 4 is 0 Å². The predicted octanol–water partition coefficient (Wildman–Crippen LogP) is 0.717. The lowest BCUT2D eigenvalue weighted by molar-refractivity contribution is -0.362. The number of hydrogen-bond acceptors (Lipinski definition) is 11. The molecule has 7 N–H and O–H groups in total. The fourth-order valence-electron chi connectivity index (χ4n) is 5.06. The average Bonchev–Trinajstić information content (AvgIpc) is 2.91. The van der Waals surface area contributed by atoms with Gasteiger partial charge in [-0.2, -0.15) is 0 Å². The molecule has 2 heterocycles. The summed E-state index contributed by atoms with van der Waals surface area (Å²) in [5.74, 6) is 0. The van der Waals surface area contributed by atoms with Gasteiger partial charge in [-0.3, -0.25) is 0 Å². The topological polar surface area (TPSA) is 179 Å². The van der Waals surface area contributed by atoms with Crippen LogP contribution in [0.1, 0.15) is 90.9 Å². The number of unbranched alkanes of at least 4 members (excludes halogenated alkanes) is 10. The molecule has 38 heavy (non-hydrogen) atoms. The number of aliphatic hydroxyl groups excluding tert-OH is 7. The lowest BCUT2D eigenvalue weighted by atomic mass is 9.97. The third kappa shape index (κ3) is 10.2. The van der Waals surface area contributed by atoms with E-state index in [-0.39, 0.29) is 6.10 Å². The lowest BCUT2D eigenvalue weighted by Crippen LogP contribution is -2.64. The highest BCUT2D eigenvalue weighted by Gasteiger charge is 2.50. The van der Waals surface area contributed by atoms with Crippen molar-refractivity contribution in [3.05, 3.63) is 0 Å². The van der Waals surface area contributed by atoms with Crippen molar-refractivity contribution in [2.45, 2.75) is 158 Å². The van der Waals surface area contributed by atoms with Gasteiger partial charge in [-0.1, -0.05) is 77.6 Å². The monoisotopic (exact) mass is 552 g/mol. The lowest BCUT2D eigenvalue weighted by Gasteiger charge is -2.46. The molecule has 0 aromatic rings. The quantitative estimate of drug-likeness (QED) is 0.119. The van der Waals surface area contributed by atoms with Gasteiger partial charge in [0.2, 0.25) is 0 Å². The molecule has 2 saturated heterocycles. The Balaban J connectivity index is 1.73. The van der Waals surface area contributed by atoms with E-state index in [0.717, 1.165) is 19.3 Å². The maximum Gasteiger partial charge on any atom is 0.187 e. The van der Waals surface area contributed by atoms with Gasteiger partial charge in [-0.05, 0) is 13.3 Å². The largest absolute Gasteiger partial charge is 0.394 e. The van der Waals surface area contributed by atoms with E-state index in [1.165, 1.54) is 57.8 Å². The molecule has 0 amide bonds. The summed E-state index contributed by atoms with van der Waals surface area (Å²) < 4.78 is 22.4. The minimum Gasteiger partial charge on any atom is -0.394 e. The molecule has 2 fully saturated rings. The molecule has 11 nitrogen and oxygen atoms in total. The van der Waals surface area contributed by atoms with Crippen molar-refractivity contribution in [2.24, 2.45) is 0 Å². The van der Waals surface area contributed by atoms with Gasteiger partial charge in [0.15, 0.2) is 12.6 Å². The molecule has 11 heteroatoms. The third-order valence-electron chi connectivity index (χ3n) is 7.54. The van der Waals surface area contributed by atoms with Crippen LogP contribution in [0.5, 0.6) is 0 Å². The highest BCUT2D eigenvalue weighted by Crippen LogP contribution is 2.30. The van der Waals surface area contributed by atoms with Crippen LogP contribution in [0.2, 0.25) is 0 Å². The van der Waals surface area contributed by atoms with Crippen LogP contribution in [-0.2, 0) is 18.9 Å². The number of hydrogen-bond donors (Lipinski definition) is 7.